The van der Waals surface area contributed by atoms with Crippen molar-refractivity contribution in [1.82, 2.24) is 29.5 Å². The van der Waals surface area contributed by atoms with Crippen molar-refractivity contribution in [3.8, 4) is 40.5 Å². The predicted molar refractivity (Wildman–Crippen MR) is 134 cm³/mol. The number of hydrogen-bond acceptors (Lipinski definition) is 9. The van der Waals surface area contributed by atoms with E-state index in [0.717, 1.165) is 24.7 Å². The molecule has 3 heterocycles. The molecule has 1 aliphatic rings. The van der Waals surface area contributed by atoms with Crippen LogP contribution in [0.25, 0.3) is 22.8 Å². The number of benzene rings is 1. The third kappa shape index (κ3) is 5.18. The topological polar surface area (TPSA) is 124 Å². The highest BCUT2D eigenvalue weighted by Gasteiger charge is 2.35. The molecule has 0 aliphatic heterocycles. The van der Waals surface area contributed by atoms with Crippen molar-refractivity contribution in [3.05, 3.63) is 59.9 Å². The number of anilines is 1. The zero-order chi connectivity index (χ0) is 27.7. The van der Waals surface area contributed by atoms with Gasteiger partial charge in [-0.25, -0.2) is 24.9 Å². The molecule has 13 heteroatoms. The van der Waals surface area contributed by atoms with E-state index in [1.807, 2.05) is 0 Å². The first-order valence-corrected chi connectivity index (χ1v) is 11.9. The largest absolute Gasteiger partial charge is 0.491 e. The smallest absolute Gasteiger partial charge is 0.434 e. The molecule has 0 spiro atoms. The summed E-state index contributed by atoms with van der Waals surface area (Å²) in [5.41, 5.74) is 1.44. The Labute approximate surface area is 221 Å². The molecule has 1 aliphatic carbocycles. The molecule has 0 bridgehead atoms. The van der Waals surface area contributed by atoms with Crippen LogP contribution in [0.15, 0.2) is 43.0 Å². The Bertz CT molecular complexity index is 1540. The fraction of sp³-hybridized carbons (Fsp3) is 0.308. The van der Waals surface area contributed by atoms with Gasteiger partial charge >= 0.3 is 6.18 Å². The fourth-order valence-electron chi connectivity index (χ4n) is 4.18. The van der Waals surface area contributed by atoms with Gasteiger partial charge in [0.1, 0.15) is 23.8 Å². The van der Waals surface area contributed by atoms with Crippen LogP contribution >= 0.6 is 0 Å². The van der Waals surface area contributed by atoms with Gasteiger partial charge in [-0.3, -0.25) is 0 Å². The molecule has 1 fully saturated rings. The van der Waals surface area contributed by atoms with E-state index in [-0.39, 0.29) is 17.6 Å². The highest BCUT2D eigenvalue weighted by atomic mass is 19.4. The average molecular weight is 537 g/mol. The Morgan fingerprint density at radius 2 is 1.82 bits per heavy atom. The molecular formula is C26H23F3N8O2. The number of aromatic nitrogens is 6. The molecule has 1 unspecified atom stereocenters. The molecule has 4 aromatic rings. The fourth-order valence-corrected chi connectivity index (χ4v) is 4.18. The standard InChI is InChI=1S/C26H23F3N8O2/c1-37-12-19(26(27,28)29)35-24(37)16-8-4-14(5-9-16)17(10-30)34-22-18(38-2)11-31-23(36-22)20-21(15-6-7-15)32-13-33-25(20)39-3/h4-5,8-9,11-13,15,17H,6-7H2,1-3H3,(H,31,34,36). The molecule has 1 atom stereocenters. The lowest BCUT2D eigenvalue weighted by Gasteiger charge is -2.17. The SMILES string of the molecule is COc1cnc(-c2c(OC)ncnc2C2CC2)nc1NC(C#N)c1ccc(-c2nc(C(F)(F)F)cn2C)cc1. The molecule has 0 amide bonds. The number of nitriles is 1. The molecule has 0 saturated heterocycles. The summed E-state index contributed by atoms with van der Waals surface area (Å²) >= 11 is 0. The number of imidazole rings is 1. The first-order chi connectivity index (χ1) is 18.7. The summed E-state index contributed by atoms with van der Waals surface area (Å²) in [6.07, 6.45) is 1.32. The average Bonchev–Trinajstić information content (AvgIpc) is 3.71. The molecule has 5 rings (SSSR count). The molecule has 1 N–H and O–H groups in total. The van der Waals surface area contributed by atoms with Crippen LogP contribution in [0.2, 0.25) is 0 Å². The zero-order valence-electron chi connectivity index (χ0n) is 21.2. The van der Waals surface area contributed by atoms with Gasteiger partial charge in [0.2, 0.25) is 5.88 Å². The van der Waals surface area contributed by atoms with Gasteiger partial charge in [0.05, 0.1) is 32.2 Å². The van der Waals surface area contributed by atoms with E-state index in [4.69, 9.17) is 9.47 Å². The Morgan fingerprint density at radius 1 is 1.08 bits per heavy atom. The van der Waals surface area contributed by atoms with Crippen molar-refractivity contribution in [2.75, 3.05) is 19.5 Å². The number of aryl methyl sites for hydroxylation is 1. The van der Waals surface area contributed by atoms with Gasteiger partial charge in [0, 0.05) is 24.7 Å². The molecule has 0 radical (unpaired) electrons. The van der Waals surface area contributed by atoms with Crippen LogP contribution in [-0.2, 0) is 13.2 Å². The van der Waals surface area contributed by atoms with Gasteiger partial charge in [0.25, 0.3) is 0 Å². The minimum Gasteiger partial charge on any atom is -0.491 e. The van der Waals surface area contributed by atoms with E-state index in [1.165, 1.54) is 38.4 Å². The zero-order valence-corrected chi connectivity index (χ0v) is 21.2. The maximum atomic E-state index is 13.1. The molecule has 1 saturated carbocycles. The Hall–Kier alpha value is -4.73. The summed E-state index contributed by atoms with van der Waals surface area (Å²) in [4.78, 5) is 21.4. The van der Waals surface area contributed by atoms with Gasteiger partial charge in [-0.2, -0.15) is 18.4 Å². The van der Waals surface area contributed by atoms with Crippen LogP contribution in [-0.4, -0.2) is 43.7 Å². The van der Waals surface area contributed by atoms with Crippen LogP contribution in [0.5, 0.6) is 11.6 Å². The lowest BCUT2D eigenvalue weighted by molar-refractivity contribution is -0.140. The molecule has 200 valence electrons. The number of alkyl halides is 3. The van der Waals surface area contributed by atoms with E-state index < -0.39 is 17.9 Å². The minimum absolute atomic E-state index is 0.156. The van der Waals surface area contributed by atoms with Crippen LogP contribution in [0.3, 0.4) is 0 Å². The number of nitrogens with one attached hydrogen (secondary N) is 1. The molecule has 3 aromatic heterocycles. The maximum Gasteiger partial charge on any atom is 0.434 e. The van der Waals surface area contributed by atoms with Crippen molar-refractivity contribution in [3.63, 3.8) is 0 Å². The van der Waals surface area contributed by atoms with Crippen LogP contribution < -0.4 is 14.8 Å². The minimum atomic E-state index is -4.55. The van der Waals surface area contributed by atoms with Gasteiger partial charge in [-0.1, -0.05) is 24.3 Å². The summed E-state index contributed by atoms with van der Waals surface area (Å²) in [7, 11) is 4.46. The predicted octanol–water partition coefficient (Wildman–Crippen LogP) is 4.92. The number of hydrogen-bond donors (Lipinski definition) is 1. The van der Waals surface area contributed by atoms with Crippen molar-refractivity contribution in [1.29, 1.82) is 5.26 Å². The summed E-state index contributed by atoms with van der Waals surface area (Å²) in [5.74, 6) is 1.67. The van der Waals surface area contributed by atoms with Crippen LogP contribution in [0.4, 0.5) is 19.0 Å². The third-order valence-electron chi connectivity index (χ3n) is 6.28. The number of nitrogens with zero attached hydrogens (tertiary/aromatic N) is 7. The van der Waals surface area contributed by atoms with Gasteiger partial charge in [-0.15, -0.1) is 0 Å². The Morgan fingerprint density at radius 3 is 2.41 bits per heavy atom. The van der Waals surface area contributed by atoms with Gasteiger partial charge < -0.3 is 19.4 Å². The number of rotatable bonds is 8. The Balaban J connectivity index is 1.45. The highest BCUT2D eigenvalue weighted by Crippen LogP contribution is 2.45. The van der Waals surface area contributed by atoms with E-state index in [0.29, 0.717) is 34.1 Å². The molecule has 39 heavy (non-hydrogen) atoms. The second kappa shape index (κ2) is 10.2. The van der Waals surface area contributed by atoms with Crippen molar-refractivity contribution in [2.45, 2.75) is 31.0 Å². The molecular weight excluding hydrogens is 513 g/mol. The van der Waals surface area contributed by atoms with Crippen molar-refractivity contribution < 1.29 is 22.6 Å². The maximum absolute atomic E-state index is 13.1. The van der Waals surface area contributed by atoms with E-state index in [2.05, 4.69) is 36.3 Å². The van der Waals surface area contributed by atoms with E-state index in [9.17, 15) is 18.4 Å². The normalized spacial score (nSPS) is 14.0. The number of ether oxygens (including phenoxy) is 2. The monoisotopic (exact) mass is 536 g/mol. The van der Waals surface area contributed by atoms with Crippen molar-refractivity contribution >= 4 is 5.82 Å². The second-order valence-electron chi connectivity index (χ2n) is 8.91. The van der Waals surface area contributed by atoms with E-state index >= 15 is 0 Å². The highest BCUT2D eigenvalue weighted by molar-refractivity contribution is 5.68. The lowest BCUT2D eigenvalue weighted by atomic mass is 10.1. The summed E-state index contributed by atoms with van der Waals surface area (Å²) in [5, 5.41) is 13.0. The Kier molecular flexibility index (Phi) is 6.78. The number of methoxy groups -OCH3 is 2. The van der Waals surface area contributed by atoms with Crippen LogP contribution in [0, 0.1) is 11.3 Å². The van der Waals surface area contributed by atoms with E-state index in [1.54, 1.807) is 24.3 Å². The molecule has 1 aromatic carbocycles. The first-order valence-electron chi connectivity index (χ1n) is 11.9. The molecule has 10 nitrogen and oxygen atoms in total. The first kappa shape index (κ1) is 25.9. The quantitative estimate of drug-likeness (QED) is 0.334. The summed E-state index contributed by atoms with van der Waals surface area (Å²) in [6.45, 7) is 0. The number of halogens is 3. The van der Waals surface area contributed by atoms with Crippen LogP contribution in [0.1, 0.15) is 41.8 Å². The van der Waals surface area contributed by atoms with Gasteiger partial charge in [-0.05, 0) is 18.4 Å². The summed E-state index contributed by atoms with van der Waals surface area (Å²) in [6, 6.07) is 7.84. The summed E-state index contributed by atoms with van der Waals surface area (Å²) < 4.78 is 51.4. The third-order valence-corrected chi connectivity index (χ3v) is 6.28. The van der Waals surface area contributed by atoms with Crippen molar-refractivity contribution in [2.24, 2.45) is 7.05 Å². The second-order valence-corrected chi connectivity index (χ2v) is 8.91. The van der Waals surface area contributed by atoms with Gasteiger partial charge in [0.15, 0.2) is 23.1 Å². The lowest BCUT2D eigenvalue weighted by Crippen LogP contribution is -2.12.